The molecule has 1 aliphatic rings. The van der Waals surface area contributed by atoms with Gasteiger partial charge in [-0.1, -0.05) is 45.1 Å². The van der Waals surface area contributed by atoms with Crippen molar-refractivity contribution < 1.29 is 9.16 Å². The van der Waals surface area contributed by atoms with Gasteiger partial charge in [-0.3, -0.25) is 0 Å². The molecule has 1 aromatic rings. The number of aryl methyl sites for hydroxylation is 1. The van der Waals surface area contributed by atoms with E-state index in [9.17, 15) is 0 Å². The van der Waals surface area contributed by atoms with Crippen LogP contribution in [0.3, 0.4) is 0 Å². The van der Waals surface area contributed by atoms with E-state index in [0.717, 1.165) is 18.6 Å². The summed E-state index contributed by atoms with van der Waals surface area (Å²) < 4.78 is 12.4. The number of methoxy groups -OCH3 is 1. The topological polar surface area (TPSA) is 18.5 Å². The van der Waals surface area contributed by atoms with Crippen LogP contribution in [0.15, 0.2) is 30.4 Å². The molecule has 2 nitrogen and oxygen atoms in total. The lowest BCUT2D eigenvalue weighted by molar-refractivity contribution is 0.151. The van der Waals surface area contributed by atoms with Crippen molar-refractivity contribution in [2.45, 2.75) is 70.7 Å². The monoisotopic (exact) mass is 332 g/mol. The summed E-state index contributed by atoms with van der Waals surface area (Å²) in [6.45, 7) is 13.7. The van der Waals surface area contributed by atoms with Crippen molar-refractivity contribution in [2.75, 3.05) is 7.11 Å². The number of rotatable bonds is 4. The highest BCUT2D eigenvalue weighted by Crippen LogP contribution is 2.42. The Hall–Kier alpha value is -1.06. The van der Waals surface area contributed by atoms with Gasteiger partial charge >= 0.3 is 0 Å². The molecule has 2 rings (SSSR count). The second kappa shape index (κ2) is 6.82. The fourth-order valence-corrected chi connectivity index (χ4v) is 4.27. The highest BCUT2D eigenvalue weighted by molar-refractivity contribution is 6.74. The molecule has 0 fully saturated rings. The fraction of sp³-hybridized carbons (Fsp3) is 0.600. The lowest BCUT2D eigenvalue weighted by Gasteiger charge is -2.42. The van der Waals surface area contributed by atoms with Crippen LogP contribution in [0, 0.1) is 6.92 Å². The van der Waals surface area contributed by atoms with Crippen LogP contribution in [0.2, 0.25) is 18.1 Å². The molecule has 0 spiro atoms. The third kappa shape index (κ3) is 4.07. The van der Waals surface area contributed by atoms with E-state index in [4.69, 9.17) is 9.16 Å². The van der Waals surface area contributed by atoms with E-state index in [1.807, 2.05) is 0 Å². The van der Waals surface area contributed by atoms with Crippen LogP contribution in [-0.4, -0.2) is 21.5 Å². The summed E-state index contributed by atoms with van der Waals surface area (Å²) in [6.07, 6.45) is 7.04. The molecule has 0 bridgehead atoms. The van der Waals surface area contributed by atoms with Gasteiger partial charge in [-0.25, -0.2) is 0 Å². The van der Waals surface area contributed by atoms with Gasteiger partial charge in [0.25, 0.3) is 0 Å². The van der Waals surface area contributed by atoms with Gasteiger partial charge in [0, 0.05) is 11.5 Å². The number of ether oxygens (including phenoxy) is 1. The Bertz CT molecular complexity index is 569. The van der Waals surface area contributed by atoms with E-state index in [1.165, 1.54) is 11.1 Å². The van der Waals surface area contributed by atoms with Gasteiger partial charge in [-0.05, 0) is 49.5 Å². The SMILES string of the molecule is COc1cc(C)ccc1[C@H]1C=CCC[C@@H]1O[Si](C)(C)C(C)(C)C. The average Bonchev–Trinajstić information content (AvgIpc) is 2.46. The van der Waals surface area contributed by atoms with Crippen molar-refractivity contribution in [3.05, 3.63) is 41.5 Å². The fourth-order valence-electron chi connectivity index (χ4n) is 2.89. The summed E-state index contributed by atoms with van der Waals surface area (Å²) in [6, 6.07) is 6.50. The van der Waals surface area contributed by atoms with E-state index in [0.29, 0.717) is 0 Å². The molecule has 0 aromatic heterocycles. The van der Waals surface area contributed by atoms with Crippen molar-refractivity contribution >= 4 is 8.32 Å². The molecule has 0 radical (unpaired) electrons. The van der Waals surface area contributed by atoms with Gasteiger partial charge in [0.1, 0.15) is 5.75 Å². The van der Waals surface area contributed by atoms with Crippen LogP contribution in [0.1, 0.15) is 50.7 Å². The lowest BCUT2D eigenvalue weighted by Crippen LogP contribution is -2.45. The van der Waals surface area contributed by atoms with Crippen LogP contribution in [0.5, 0.6) is 5.75 Å². The van der Waals surface area contributed by atoms with Crippen LogP contribution in [-0.2, 0) is 4.43 Å². The predicted molar refractivity (Wildman–Crippen MR) is 101 cm³/mol. The Balaban J connectivity index is 2.33. The zero-order chi connectivity index (χ0) is 17.3. The van der Waals surface area contributed by atoms with Gasteiger partial charge in [0.2, 0.25) is 0 Å². The summed E-state index contributed by atoms with van der Waals surface area (Å²) in [5, 5.41) is 0.232. The molecule has 0 heterocycles. The molecule has 0 aliphatic heterocycles. The lowest BCUT2D eigenvalue weighted by atomic mass is 9.86. The predicted octanol–water partition coefficient (Wildman–Crippen LogP) is 5.83. The van der Waals surface area contributed by atoms with Crippen molar-refractivity contribution in [1.29, 1.82) is 0 Å². The molecule has 3 heteroatoms. The normalized spacial score (nSPS) is 22.2. The molecule has 0 unspecified atom stereocenters. The third-order valence-electron chi connectivity index (χ3n) is 5.36. The van der Waals surface area contributed by atoms with Crippen molar-refractivity contribution in [1.82, 2.24) is 0 Å². The Morgan fingerprint density at radius 3 is 2.48 bits per heavy atom. The van der Waals surface area contributed by atoms with Crippen LogP contribution in [0.25, 0.3) is 0 Å². The van der Waals surface area contributed by atoms with Gasteiger partial charge in [0.15, 0.2) is 8.32 Å². The maximum atomic E-state index is 6.77. The molecule has 23 heavy (non-hydrogen) atoms. The van der Waals surface area contributed by atoms with Crippen LogP contribution < -0.4 is 4.74 Å². The molecule has 1 aromatic carbocycles. The number of hydrogen-bond donors (Lipinski definition) is 0. The van der Waals surface area contributed by atoms with Crippen LogP contribution >= 0.6 is 0 Å². The van der Waals surface area contributed by atoms with Gasteiger partial charge in [0.05, 0.1) is 13.2 Å². The molecule has 2 atom stereocenters. The van der Waals surface area contributed by atoms with Crippen molar-refractivity contribution in [3.63, 3.8) is 0 Å². The maximum absolute atomic E-state index is 6.77. The smallest absolute Gasteiger partial charge is 0.192 e. The first-order chi connectivity index (χ1) is 10.7. The number of hydrogen-bond acceptors (Lipinski definition) is 2. The molecule has 0 saturated carbocycles. The molecule has 1 aliphatic carbocycles. The zero-order valence-corrected chi connectivity index (χ0v) is 16.8. The summed E-state index contributed by atoms with van der Waals surface area (Å²) in [4.78, 5) is 0. The average molecular weight is 333 g/mol. The summed E-state index contributed by atoms with van der Waals surface area (Å²) in [7, 11) is -0.0217. The zero-order valence-electron chi connectivity index (χ0n) is 15.8. The molecule has 128 valence electrons. The first kappa shape index (κ1) is 18.3. The summed E-state index contributed by atoms with van der Waals surface area (Å²) in [5.74, 6) is 1.26. The van der Waals surface area contributed by atoms with Gasteiger partial charge < -0.3 is 9.16 Å². The van der Waals surface area contributed by atoms with E-state index in [2.05, 4.69) is 71.1 Å². The largest absolute Gasteiger partial charge is 0.496 e. The summed E-state index contributed by atoms with van der Waals surface area (Å²) in [5.41, 5.74) is 2.48. The quantitative estimate of drug-likeness (QED) is 0.510. The minimum Gasteiger partial charge on any atom is -0.496 e. The highest BCUT2D eigenvalue weighted by atomic mass is 28.4. The Labute approximate surface area is 143 Å². The minimum atomic E-state index is -1.78. The van der Waals surface area contributed by atoms with Gasteiger partial charge in [-0.15, -0.1) is 0 Å². The van der Waals surface area contributed by atoms with E-state index >= 15 is 0 Å². The van der Waals surface area contributed by atoms with Crippen LogP contribution in [0.4, 0.5) is 0 Å². The Morgan fingerprint density at radius 2 is 1.87 bits per heavy atom. The second-order valence-electron chi connectivity index (χ2n) is 8.19. The molecular formula is C20H32O2Si. The molecular weight excluding hydrogens is 300 g/mol. The van der Waals surface area contributed by atoms with Gasteiger partial charge in [-0.2, -0.15) is 0 Å². The number of benzene rings is 1. The first-order valence-corrected chi connectivity index (χ1v) is 11.6. The first-order valence-electron chi connectivity index (χ1n) is 8.65. The standard InChI is InChI=1S/C20H32O2Si/c1-15-12-13-17(19(14-15)21-5)16-10-8-9-11-18(16)22-23(6,7)20(2,3)4/h8,10,12-14,16,18H,9,11H2,1-7H3/t16-,18+/m1/s1. The molecule has 0 N–H and O–H groups in total. The minimum absolute atomic E-state index is 0.232. The van der Waals surface area contributed by atoms with Crippen molar-refractivity contribution in [3.8, 4) is 5.75 Å². The van der Waals surface area contributed by atoms with Crippen molar-refractivity contribution in [2.24, 2.45) is 0 Å². The number of allylic oxidation sites excluding steroid dienone is 1. The molecule has 0 amide bonds. The Morgan fingerprint density at radius 1 is 1.17 bits per heavy atom. The second-order valence-corrected chi connectivity index (χ2v) is 12.9. The third-order valence-corrected chi connectivity index (χ3v) is 9.87. The van der Waals surface area contributed by atoms with E-state index in [1.54, 1.807) is 7.11 Å². The summed E-state index contributed by atoms with van der Waals surface area (Å²) >= 11 is 0. The maximum Gasteiger partial charge on any atom is 0.192 e. The molecule has 0 saturated heterocycles. The van der Waals surface area contributed by atoms with E-state index < -0.39 is 8.32 Å². The van der Waals surface area contributed by atoms with E-state index in [-0.39, 0.29) is 17.1 Å². The highest BCUT2D eigenvalue weighted by Gasteiger charge is 2.41. The Kier molecular flexibility index (Phi) is 5.42.